The van der Waals surface area contributed by atoms with Gasteiger partial charge in [-0.2, -0.15) is 0 Å². The summed E-state index contributed by atoms with van der Waals surface area (Å²) in [6, 6.07) is 3.86. The Labute approximate surface area is 106 Å². The van der Waals surface area contributed by atoms with Crippen LogP contribution in [0, 0.1) is 5.92 Å². The van der Waals surface area contributed by atoms with Crippen molar-refractivity contribution >= 4 is 29.7 Å². The summed E-state index contributed by atoms with van der Waals surface area (Å²) in [4.78, 5) is 12.8. The van der Waals surface area contributed by atoms with E-state index in [0.717, 1.165) is 0 Å². The summed E-state index contributed by atoms with van der Waals surface area (Å²) in [7, 11) is 0. The van der Waals surface area contributed by atoms with Crippen molar-refractivity contribution in [3.63, 3.8) is 0 Å². The third-order valence-electron chi connectivity index (χ3n) is 2.65. The van der Waals surface area contributed by atoms with E-state index in [1.54, 1.807) is 18.3 Å². The minimum Gasteiger partial charge on any atom is -0.347 e. The van der Waals surface area contributed by atoms with Gasteiger partial charge in [-0.3, -0.25) is 4.79 Å². The standard InChI is InChI=1S/C11H16N2OS.ClH/c1-7(12)11(14)13-10(8-4-5-8)9-3-2-6-15-9;/h2-3,6-8,10H,4-5,12H2,1H3,(H,13,14);1H/t7-,10?;/m0./s1. The van der Waals surface area contributed by atoms with Crippen LogP contribution in [0.1, 0.15) is 30.7 Å². The van der Waals surface area contributed by atoms with E-state index < -0.39 is 6.04 Å². The lowest BCUT2D eigenvalue weighted by atomic mass is 10.1. The van der Waals surface area contributed by atoms with E-state index in [4.69, 9.17) is 5.73 Å². The number of rotatable bonds is 4. The molecule has 3 N–H and O–H groups in total. The van der Waals surface area contributed by atoms with Gasteiger partial charge < -0.3 is 11.1 Å². The van der Waals surface area contributed by atoms with Crippen LogP contribution in [0.5, 0.6) is 0 Å². The van der Waals surface area contributed by atoms with Crippen LogP contribution in [-0.4, -0.2) is 11.9 Å². The SMILES string of the molecule is C[C@H](N)C(=O)NC(c1cccs1)C1CC1.Cl. The lowest BCUT2D eigenvalue weighted by molar-refractivity contribution is -0.122. The van der Waals surface area contributed by atoms with Crippen molar-refractivity contribution in [2.45, 2.75) is 31.8 Å². The van der Waals surface area contributed by atoms with E-state index in [1.165, 1.54) is 17.7 Å². The molecule has 0 spiro atoms. The second kappa shape index (κ2) is 5.66. The fraction of sp³-hybridized carbons (Fsp3) is 0.545. The molecule has 1 heterocycles. The quantitative estimate of drug-likeness (QED) is 0.871. The highest BCUT2D eigenvalue weighted by Gasteiger charge is 2.34. The van der Waals surface area contributed by atoms with Gasteiger partial charge in [-0.05, 0) is 37.1 Å². The van der Waals surface area contributed by atoms with Crippen LogP contribution >= 0.6 is 23.7 Å². The zero-order valence-corrected chi connectivity index (χ0v) is 10.8. The topological polar surface area (TPSA) is 55.1 Å². The molecule has 90 valence electrons. The summed E-state index contributed by atoms with van der Waals surface area (Å²) < 4.78 is 0. The molecule has 3 nitrogen and oxygen atoms in total. The second-order valence-electron chi connectivity index (χ2n) is 4.13. The van der Waals surface area contributed by atoms with Gasteiger partial charge in [-0.1, -0.05) is 6.07 Å². The van der Waals surface area contributed by atoms with Crippen molar-refractivity contribution < 1.29 is 4.79 Å². The third kappa shape index (κ3) is 3.20. The molecule has 2 rings (SSSR count). The normalized spacial score (nSPS) is 18.4. The first-order chi connectivity index (χ1) is 7.18. The maximum Gasteiger partial charge on any atom is 0.237 e. The maximum absolute atomic E-state index is 11.5. The van der Waals surface area contributed by atoms with Gasteiger partial charge in [0.05, 0.1) is 12.1 Å². The summed E-state index contributed by atoms with van der Waals surface area (Å²) in [6.45, 7) is 1.72. The van der Waals surface area contributed by atoms with E-state index in [1.807, 2.05) is 11.4 Å². The van der Waals surface area contributed by atoms with Gasteiger partial charge in [0.15, 0.2) is 0 Å². The maximum atomic E-state index is 11.5. The molecule has 1 aliphatic rings. The first kappa shape index (κ1) is 13.5. The van der Waals surface area contributed by atoms with Crippen molar-refractivity contribution in [2.75, 3.05) is 0 Å². The molecular weight excluding hydrogens is 244 g/mol. The lowest BCUT2D eigenvalue weighted by Gasteiger charge is -2.18. The van der Waals surface area contributed by atoms with Crippen molar-refractivity contribution in [2.24, 2.45) is 11.7 Å². The van der Waals surface area contributed by atoms with Gasteiger partial charge in [0.1, 0.15) is 0 Å². The largest absolute Gasteiger partial charge is 0.347 e. The van der Waals surface area contributed by atoms with Crippen molar-refractivity contribution in [3.8, 4) is 0 Å². The fourth-order valence-electron chi connectivity index (χ4n) is 1.60. The highest BCUT2D eigenvalue weighted by molar-refractivity contribution is 7.10. The van der Waals surface area contributed by atoms with Crippen molar-refractivity contribution in [1.29, 1.82) is 0 Å². The number of hydrogen-bond donors (Lipinski definition) is 2. The van der Waals surface area contributed by atoms with E-state index in [0.29, 0.717) is 5.92 Å². The molecule has 0 bridgehead atoms. The van der Waals surface area contributed by atoms with E-state index >= 15 is 0 Å². The van der Waals surface area contributed by atoms with Crippen LogP contribution < -0.4 is 11.1 Å². The zero-order chi connectivity index (χ0) is 10.8. The first-order valence-electron chi connectivity index (χ1n) is 5.28. The number of nitrogens with two attached hydrogens (primary N) is 1. The van der Waals surface area contributed by atoms with Crippen molar-refractivity contribution in [1.82, 2.24) is 5.32 Å². The number of halogens is 1. The highest BCUT2D eigenvalue weighted by atomic mass is 35.5. The van der Waals surface area contributed by atoms with Crippen LogP contribution in [-0.2, 0) is 4.79 Å². The minimum atomic E-state index is -0.425. The molecule has 1 unspecified atom stereocenters. The summed E-state index contributed by atoms with van der Waals surface area (Å²) in [5.74, 6) is 0.562. The Hall–Kier alpha value is -0.580. The molecule has 1 saturated carbocycles. The van der Waals surface area contributed by atoms with Gasteiger partial charge in [0.25, 0.3) is 0 Å². The highest BCUT2D eigenvalue weighted by Crippen LogP contribution is 2.42. The Kier molecular flexibility index (Phi) is 4.77. The Balaban J connectivity index is 0.00000128. The Morgan fingerprint density at radius 3 is 2.75 bits per heavy atom. The lowest BCUT2D eigenvalue weighted by Crippen LogP contribution is -2.40. The molecule has 1 aromatic rings. The molecule has 0 radical (unpaired) electrons. The second-order valence-corrected chi connectivity index (χ2v) is 5.11. The van der Waals surface area contributed by atoms with Crippen LogP contribution in [0.15, 0.2) is 17.5 Å². The molecular formula is C11H17ClN2OS. The van der Waals surface area contributed by atoms with Gasteiger partial charge in [0.2, 0.25) is 5.91 Å². The molecule has 0 aromatic carbocycles. The molecule has 0 saturated heterocycles. The predicted molar refractivity (Wildman–Crippen MR) is 68.8 cm³/mol. The molecule has 16 heavy (non-hydrogen) atoms. The summed E-state index contributed by atoms with van der Waals surface area (Å²) >= 11 is 1.70. The predicted octanol–water partition coefficient (Wildman–Crippen LogP) is 2.08. The Morgan fingerprint density at radius 1 is 1.62 bits per heavy atom. The monoisotopic (exact) mass is 260 g/mol. The van der Waals surface area contributed by atoms with Crippen molar-refractivity contribution in [3.05, 3.63) is 22.4 Å². The molecule has 1 fully saturated rings. The van der Waals surface area contributed by atoms with Crippen LogP contribution in [0.25, 0.3) is 0 Å². The Morgan fingerprint density at radius 2 is 2.31 bits per heavy atom. The molecule has 2 atom stereocenters. The number of amides is 1. The van der Waals surface area contributed by atoms with Gasteiger partial charge >= 0.3 is 0 Å². The average molecular weight is 261 g/mol. The third-order valence-corrected chi connectivity index (χ3v) is 3.61. The number of carbonyl (C=O) groups is 1. The first-order valence-corrected chi connectivity index (χ1v) is 6.16. The summed E-state index contributed by atoms with van der Waals surface area (Å²) in [5, 5.41) is 5.07. The van der Waals surface area contributed by atoms with Crippen LogP contribution in [0.4, 0.5) is 0 Å². The minimum absolute atomic E-state index is 0. The molecule has 0 aliphatic heterocycles. The van der Waals surface area contributed by atoms with Gasteiger partial charge in [-0.15, -0.1) is 23.7 Å². The molecule has 1 aromatic heterocycles. The fourth-order valence-corrected chi connectivity index (χ4v) is 2.47. The average Bonchev–Trinajstić information content (AvgIpc) is 2.89. The number of nitrogens with one attached hydrogen (secondary N) is 1. The van der Waals surface area contributed by atoms with E-state index in [9.17, 15) is 4.79 Å². The van der Waals surface area contributed by atoms with Crippen LogP contribution in [0.2, 0.25) is 0 Å². The smallest absolute Gasteiger partial charge is 0.237 e. The molecule has 1 amide bonds. The van der Waals surface area contributed by atoms with E-state index in [-0.39, 0.29) is 24.4 Å². The summed E-state index contributed by atoms with van der Waals surface area (Å²) in [5.41, 5.74) is 5.55. The zero-order valence-electron chi connectivity index (χ0n) is 9.18. The van der Waals surface area contributed by atoms with Crippen LogP contribution in [0.3, 0.4) is 0 Å². The molecule has 5 heteroatoms. The van der Waals surface area contributed by atoms with E-state index in [2.05, 4.69) is 11.4 Å². The van der Waals surface area contributed by atoms with Gasteiger partial charge in [-0.25, -0.2) is 0 Å². The number of thiophene rings is 1. The van der Waals surface area contributed by atoms with Gasteiger partial charge in [0, 0.05) is 4.88 Å². The Bertz CT molecular complexity index is 336. The number of carbonyl (C=O) groups excluding carboxylic acids is 1. The summed E-state index contributed by atoms with van der Waals surface area (Å²) in [6.07, 6.45) is 2.42. The number of hydrogen-bond acceptors (Lipinski definition) is 3. The molecule has 1 aliphatic carbocycles.